The summed E-state index contributed by atoms with van der Waals surface area (Å²) in [5, 5.41) is 10.5. The fourth-order valence-electron chi connectivity index (χ4n) is 6.81. The van der Waals surface area contributed by atoms with Crippen LogP contribution in [0.15, 0.2) is 144 Å². The smallest absolute Gasteiger partial charge is 0.120 e. The van der Waals surface area contributed by atoms with Crippen molar-refractivity contribution < 1.29 is 24.5 Å². The van der Waals surface area contributed by atoms with E-state index in [0.29, 0.717) is 11.8 Å². The summed E-state index contributed by atoms with van der Waals surface area (Å²) >= 11 is 0. The van der Waals surface area contributed by atoms with Crippen molar-refractivity contribution in [1.29, 1.82) is 0 Å². The number of para-hydroxylation sites is 2. The maximum Gasteiger partial charge on any atom is 0.120 e. The molecule has 9 aromatic rings. The van der Waals surface area contributed by atoms with E-state index in [0.717, 1.165) is 61.3 Å². The first kappa shape index (κ1) is 35.6. The van der Waals surface area contributed by atoms with Gasteiger partial charge in [-0.3, -0.25) is 4.98 Å². The Balaban J connectivity index is 0.000000194. The van der Waals surface area contributed by atoms with Gasteiger partial charge in [0.2, 0.25) is 0 Å². The number of aromatic nitrogens is 5. The van der Waals surface area contributed by atoms with E-state index in [1.54, 1.807) is 12.4 Å². The molecule has 0 fully saturated rings. The van der Waals surface area contributed by atoms with Crippen molar-refractivity contribution in [2.45, 2.75) is 39.5 Å². The summed E-state index contributed by atoms with van der Waals surface area (Å²) in [6.07, 6.45) is 5.37. The second kappa shape index (κ2) is 15.5. The molecular formula is C46H37IrN5O-2. The van der Waals surface area contributed by atoms with Gasteiger partial charge in [0.15, 0.2) is 0 Å². The molecule has 0 bridgehead atoms. The molecule has 0 aliphatic carbocycles. The third-order valence-corrected chi connectivity index (χ3v) is 9.35. The number of benzene rings is 5. The second-order valence-electron chi connectivity index (χ2n) is 13.4. The molecule has 5 aromatic carbocycles. The Hall–Kier alpha value is -5.75. The quantitative estimate of drug-likeness (QED) is 0.156. The number of hydrogen-bond acceptors (Lipinski definition) is 5. The molecular weight excluding hydrogens is 831 g/mol. The van der Waals surface area contributed by atoms with Crippen LogP contribution in [0.4, 0.5) is 0 Å². The Bertz CT molecular complexity index is 2560. The van der Waals surface area contributed by atoms with Crippen LogP contribution in [-0.4, -0.2) is 24.7 Å². The van der Waals surface area contributed by atoms with E-state index < -0.39 is 0 Å². The molecule has 0 saturated carbocycles. The van der Waals surface area contributed by atoms with E-state index in [4.69, 9.17) is 9.40 Å². The number of furan rings is 1. The molecule has 7 heteroatoms. The molecule has 0 aliphatic rings. The number of fused-ring (bicyclic) bond motifs is 4. The summed E-state index contributed by atoms with van der Waals surface area (Å²) in [5.74, 6) is 1.45. The van der Waals surface area contributed by atoms with E-state index in [1.807, 2.05) is 79.0 Å². The molecule has 0 spiro atoms. The van der Waals surface area contributed by atoms with Gasteiger partial charge in [0.1, 0.15) is 5.58 Å². The van der Waals surface area contributed by atoms with Crippen LogP contribution < -0.4 is 0 Å². The molecule has 263 valence electrons. The van der Waals surface area contributed by atoms with Gasteiger partial charge in [-0.15, -0.1) is 54.1 Å². The van der Waals surface area contributed by atoms with Crippen molar-refractivity contribution in [3.63, 3.8) is 0 Å². The molecule has 0 amide bonds. The van der Waals surface area contributed by atoms with Gasteiger partial charge in [-0.2, -0.15) is 10.2 Å². The molecule has 0 N–H and O–H groups in total. The number of nitrogens with zero attached hydrogens (tertiary/aromatic N) is 5. The van der Waals surface area contributed by atoms with Gasteiger partial charge in [-0.1, -0.05) is 111 Å². The van der Waals surface area contributed by atoms with Crippen LogP contribution in [0.1, 0.15) is 50.7 Å². The van der Waals surface area contributed by atoms with Gasteiger partial charge in [0, 0.05) is 37.4 Å². The summed E-state index contributed by atoms with van der Waals surface area (Å²) < 4.78 is 8.59. The van der Waals surface area contributed by atoms with Gasteiger partial charge in [-0.25, -0.2) is 0 Å². The molecule has 6 nitrogen and oxygen atoms in total. The fourth-order valence-corrected chi connectivity index (χ4v) is 6.81. The Labute approximate surface area is 322 Å². The molecule has 4 aromatic heterocycles. The predicted molar refractivity (Wildman–Crippen MR) is 210 cm³/mol. The Kier molecular flexibility index (Phi) is 10.4. The molecule has 1 radical (unpaired) electrons. The topological polar surface area (TPSA) is 69.6 Å². The average molecular weight is 868 g/mol. The van der Waals surface area contributed by atoms with Gasteiger partial charge in [-0.05, 0) is 51.9 Å². The van der Waals surface area contributed by atoms with Crippen LogP contribution in [0.2, 0.25) is 0 Å². The van der Waals surface area contributed by atoms with Crippen LogP contribution in [0.25, 0.3) is 72.4 Å². The van der Waals surface area contributed by atoms with E-state index in [-0.39, 0.29) is 20.1 Å². The van der Waals surface area contributed by atoms with Crippen LogP contribution in [0.5, 0.6) is 0 Å². The van der Waals surface area contributed by atoms with Gasteiger partial charge < -0.3 is 14.0 Å². The molecule has 0 unspecified atom stereocenters. The zero-order chi connectivity index (χ0) is 35.6. The van der Waals surface area contributed by atoms with Crippen LogP contribution in [0, 0.1) is 12.1 Å². The number of imidazole rings is 1. The molecule has 4 heterocycles. The van der Waals surface area contributed by atoms with Crippen molar-refractivity contribution in [2.75, 3.05) is 0 Å². The van der Waals surface area contributed by atoms with Gasteiger partial charge in [0.05, 0.1) is 34.8 Å². The number of hydrogen-bond donors (Lipinski definition) is 0. The van der Waals surface area contributed by atoms with Crippen molar-refractivity contribution in [2.24, 2.45) is 0 Å². The number of pyridine rings is 1. The molecule has 0 saturated heterocycles. The first-order valence-corrected chi connectivity index (χ1v) is 17.6. The van der Waals surface area contributed by atoms with Gasteiger partial charge in [0.25, 0.3) is 0 Å². The first-order valence-electron chi connectivity index (χ1n) is 17.6. The maximum atomic E-state index is 6.36. The molecule has 0 aliphatic heterocycles. The van der Waals surface area contributed by atoms with E-state index >= 15 is 0 Å². The van der Waals surface area contributed by atoms with Crippen LogP contribution in [0.3, 0.4) is 0 Å². The third kappa shape index (κ3) is 6.94. The largest absolute Gasteiger partial charge is 0.501 e. The minimum Gasteiger partial charge on any atom is -0.501 e. The minimum absolute atomic E-state index is 0. The summed E-state index contributed by atoms with van der Waals surface area (Å²) in [6.45, 7) is 8.92. The van der Waals surface area contributed by atoms with E-state index in [1.165, 1.54) is 22.3 Å². The Morgan fingerprint density at radius 1 is 0.660 bits per heavy atom. The summed E-state index contributed by atoms with van der Waals surface area (Å²) in [6, 6.07) is 47.7. The second-order valence-corrected chi connectivity index (χ2v) is 13.4. The first-order chi connectivity index (χ1) is 25.5. The zero-order valence-corrected chi connectivity index (χ0v) is 32.3. The molecule has 0 atom stereocenters. The van der Waals surface area contributed by atoms with Crippen molar-refractivity contribution >= 4 is 33.0 Å². The molecule has 9 rings (SSSR count). The van der Waals surface area contributed by atoms with E-state index in [9.17, 15) is 0 Å². The third-order valence-electron chi connectivity index (χ3n) is 9.35. The summed E-state index contributed by atoms with van der Waals surface area (Å²) in [5.41, 5.74) is 12.2. The van der Waals surface area contributed by atoms with E-state index in [2.05, 4.69) is 108 Å². The van der Waals surface area contributed by atoms with Crippen LogP contribution in [-0.2, 0) is 20.1 Å². The Morgan fingerprint density at radius 3 is 2.15 bits per heavy atom. The molecule has 53 heavy (non-hydrogen) atoms. The zero-order valence-electron chi connectivity index (χ0n) is 29.9. The van der Waals surface area contributed by atoms with Gasteiger partial charge >= 0.3 is 0 Å². The minimum atomic E-state index is 0. The fraction of sp³-hybridized carbons (Fsp3) is 0.130. The number of rotatable bonds is 6. The standard InChI is InChI=1S/C29H25N4O.C17H12N.Ir/c1-17(2)19-10-7-11-20(18(3)4)27(19)33-25-16-31-30-15-24(25)32-29(33)23-13-8-12-22-21-9-5-6-14-26(21)34-28(22)23;1-3-7-14(8-4-1)16-11-12-18-17(13-16)15-9-5-2-6-10-15;/h5-12,14-18H,1-4H3;1-9,11-13H;/q2*-1;. The average Bonchev–Trinajstić information content (AvgIpc) is 3.77. The van der Waals surface area contributed by atoms with Crippen molar-refractivity contribution in [3.05, 3.63) is 163 Å². The normalized spacial score (nSPS) is 11.2. The monoisotopic (exact) mass is 868 g/mol. The summed E-state index contributed by atoms with van der Waals surface area (Å²) in [4.78, 5) is 9.45. The SMILES string of the molecule is CC(C)c1cccc(C(C)C)c1-n1c(-c2[c-]ccc3c2oc2ccccc23)nc2cnncc21.[Ir].[c-]1ccccc1-c1cc(-c2ccccc2)ccn1. The van der Waals surface area contributed by atoms with Crippen molar-refractivity contribution in [3.8, 4) is 39.5 Å². The maximum absolute atomic E-state index is 6.36. The predicted octanol–water partition coefficient (Wildman–Crippen LogP) is 11.6. The van der Waals surface area contributed by atoms with Crippen LogP contribution >= 0.6 is 0 Å². The van der Waals surface area contributed by atoms with Crippen molar-refractivity contribution in [1.82, 2.24) is 24.7 Å². The Morgan fingerprint density at radius 2 is 1.40 bits per heavy atom. The summed E-state index contributed by atoms with van der Waals surface area (Å²) in [7, 11) is 0.